The molecule has 6 aromatic heterocycles. The molecule has 0 amide bonds. The van der Waals surface area contributed by atoms with Gasteiger partial charge in [-0.15, -0.1) is 0 Å². The monoisotopic (exact) mass is 1210 g/mol. The number of hydrogen-bond acceptors (Lipinski definition) is 5. The largest absolute Gasteiger partial charge is 0.415 e. The highest BCUT2D eigenvalue weighted by Crippen LogP contribution is 2.51. The maximum atomic E-state index is 16.3. The molecule has 0 unspecified atom stereocenters. The highest BCUT2D eigenvalue weighted by atomic mass is 19.4. The van der Waals surface area contributed by atoms with Crippen LogP contribution in [0.15, 0.2) is 298 Å². The van der Waals surface area contributed by atoms with E-state index >= 15 is 13.2 Å². The Hall–Kier alpha value is -12.8. The van der Waals surface area contributed by atoms with Gasteiger partial charge in [0.25, 0.3) is 0 Å². The van der Waals surface area contributed by atoms with E-state index in [1.807, 2.05) is 252 Å². The summed E-state index contributed by atoms with van der Waals surface area (Å²) in [7, 11) is 0. The van der Waals surface area contributed by atoms with Gasteiger partial charge in [0.2, 0.25) is 0 Å². The SMILES string of the molecule is [C-]#[N+]c1cccc(C(F)(F)F)c1-c1c(-n2c3ccc(-c4ccc(-c5ccccc5)nc4)cc3c3cc(-c4ccc(-c5ccccc5)nc4)ccc32)cc(C#N)cc1-n1c2ccc(-c3ccc(-c4ccccc4)nc3)cc2c2cc(-c3ccc(-c4ccccc4)nc3)ccc21. The zero-order valence-corrected chi connectivity index (χ0v) is 50.0. The van der Waals surface area contributed by atoms with E-state index in [9.17, 15) is 5.26 Å². The quantitative estimate of drug-likeness (QED) is 0.120. The fourth-order valence-corrected chi connectivity index (χ4v) is 13.1. The second kappa shape index (κ2) is 23.2. The van der Waals surface area contributed by atoms with Crippen molar-refractivity contribution in [3.63, 3.8) is 0 Å². The van der Waals surface area contributed by atoms with Gasteiger partial charge >= 0.3 is 6.18 Å². The van der Waals surface area contributed by atoms with Gasteiger partial charge in [0.05, 0.1) is 80.0 Å². The lowest BCUT2D eigenvalue weighted by Crippen LogP contribution is -2.11. The third kappa shape index (κ3) is 10.1. The Labute approximate surface area is 538 Å². The minimum atomic E-state index is -4.93. The summed E-state index contributed by atoms with van der Waals surface area (Å²) >= 11 is 0. The second-order valence-corrected chi connectivity index (χ2v) is 23.1. The summed E-state index contributed by atoms with van der Waals surface area (Å²) in [5.74, 6) is 0. The van der Waals surface area contributed by atoms with E-state index in [0.29, 0.717) is 22.1 Å². The van der Waals surface area contributed by atoms with Crippen LogP contribution in [0.4, 0.5) is 18.9 Å². The Balaban J connectivity index is 0.963. The molecule has 0 atom stereocenters. The summed E-state index contributed by atoms with van der Waals surface area (Å²) in [5, 5.41) is 14.5. The van der Waals surface area contributed by atoms with E-state index in [-0.39, 0.29) is 33.8 Å². The van der Waals surface area contributed by atoms with Crippen molar-refractivity contribution < 1.29 is 13.2 Å². The highest BCUT2D eigenvalue weighted by Gasteiger charge is 2.37. The summed E-state index contributed by atoms with van der Waals surface area (Å²) in [6.45, 7) is 8.67. The number of fused-ring (bicyclic) bond motifs is 6. The lowest BCUT2D eigenvalue weighted by molar-refractivity contribution is -0.137. The average molecular weight is 1220 g/mol. The molecule has 0 radical (unpaired) electrons. The molecule has 0 aliphatic heterocycles. The zero-order valence-electron chi connectivity index (χ0n) is 50.0. The summed E-state index contributed by atoms with van der Waals surface area (Å²) in [5.41, 5.74) is 15.9. The first-order chi connectivity index (χ1) is 46.1. The van der Waals surface area contributed by atoms with Crippen LogP contribution >= 0.6 is 0 Å². The number of aromatic nitrogens is 6. The van der Waals surface area contributed by atoms with Crippen LogP contribution in [-0.4, -0.2) is 29.1 Å². The third-order valence-corrected chi connectivity index (χ3v) is 17.6. The Morgan fingerprint density at radius 1 is 0.330 bits per heavy atom. The minimum absolute atomic E-state index is 0.0969. The minimum Gasteiger partial charge on any atom is -0.309 e. The first-order valence-electron chi connectivity index (χ1n) is 30.5. The number of pyridine rings is 4. The van der Waals surface area contributed by atoms with Gasteiger partial charge < -0.3 is 9.13 Å². The van der Waals surface area contributed by atoms with E-state index in [4.69, 9.17) is 26.5 Å². The number of alkyl halides is 3. The van der Waals surface area contributed by atoms with Crippen molar-refractivity contribution in [1.82, 2.24) is 29.1 Å². The molecule has 16 rings (SSSR count). The molecule has 0 N–H and O–H groups in total. The first kappa shape index (κ1) is 56.4. The molecule has 0 saturated carbocycles. The summed E-state index contributed by atoms with van der Waals surface area (Å²) in [4.78, 5) is 23.4. The molecule has 16 aromatic rings. The van der Waals surface area contributed by atoms with Crippen LogP contribution in [0.3, 0.4) is 0 Å². The van der Waals surface area contributed by atoms with Crippen LogP contribution in [0, 0.1) is 17.9 Å². The number of halogens is 3. The third-order valence-electron chi connectivity index (χ3n) is 17.6. The highest BCUT2D eigenvalue weighted by molar-refractivity contribution is 6.15. The van der Waals surface area contributed by atoms with Crippen LogP contribution < -0.4 is 0 Å². The predicted molar refractivity (Wildman–Crippen MR) is 371 cm³/mol. The Morgan fingerprint density at radius 3 is 0.904 bits per heavy atom. The fraction of sp³-hybridized carbons (Fsp3) is 0.0120. The molecular formula is C83H49F3N8. The topological polar surface area (TPSA) is 89.6 Å². The van der Waals surface area contributed by atoms with Gasteiger partial charge in [0.1, 0.15) is 0 Å². The van der Waals surface area contributed by atoms with Gasteiger partial charge in [0, 0.05) is 102 Å². The summed E-state index contributed by atoms with van der Waals surface area (Å²) < 4.78 is 52.7. The molecule has 0 spiro atoms. The standard InChI is InChI=1S/C83H49F3N8/c1-88-74-24-14-23-69(83(84,85)86)81(74)82-79(93-75-37-29-57(61-25-33-70(89-48-61)53-15-6-2-7-16-53)43-65(75)66-44-58(30-38-76(66)93)62-26-34-71(90-49-62)54-17-8-3-9-18-54)41-52(47-87)42-80(82)94-77-39-31-59(63-27-35-72(91-50-63)55-19-10-4-11-20-55)45-67(77)68-46-60(32-40-78(68)94)64-28-36-73(92-51-64)56-21-12-5-13-22-56/h2-46,48-51H. The predicted octanol–water partition coefficient (Wildman–Crippen LogP) is 21.9. The molecule has 94 heavy (non-hydrogen) atoms. The van der Waals surface area contributed by atoms with E-state index in [0.717, 1.165) is 117 Å². The Morgan fingerprint density at radius 2 is 0.638 bits per heavy atom. The molecule has 0 fully saturated rings. The van der Waals surface area contributed by atoms with Crippen molar-refractivity contribution in [2.75, 3.05) is 0 Å². The molecule has 0 saturated heterocycles. The Kier molecular flexibility index (Phi) is 13.9. The van der Waals surface area contributed by atoms with E-state index in [1.54, 1.807) is 12.1 Å². The first-order valence-corrected chi connectivity index (χ1v) is 30.5. The van der Waals surface area contributed by atoms with Gasteiger partial charge in [0.15, 0.2) is 5.69 Å². The maximum absolute atomic E-state index is 16.3. The molecule has 8 nitrogen and oxygen atoms in total. The van der Waals surface area contributed by atoms with Gasteiger partial charge in [-0.2, -0.15) is 18.4 Å². The number of rotatable bonds is 11. The van der Waals surface area contributed by atoms with Crippen molar-refractivity contribution >= 4 is 49.3 Å². The molecule has 6 heterocycles. The van der Waals surface area contributed by atoms with Crippen LogP contribution in [0.2, 0.25) is 0 Å². The van der Waals surface area contributed by atoms with Gasteiger partial charge in [-0.05, 0) is 107 Å². The van der Waals surface area contributed by atoms with Gasteiger partial charge in [-0.25, -0.2) is 4.85 Å². The molecule has 0 aliphatic carbocycles. The molecule has 11 heteroatoms. The van der Waals surface area contributed by atoms with E-state index < -0.39 is 11.7 Å². The summed E-state index contributed by atoms with van der Waals surface area (Å²) in [6.07, 6.45) is 2.47. The number of nitrogens with zero attached hydrogens (tertiary/aromatic N) is 8. The number of nitriles is 1. The molecule has 0 bridgehead atoms. The second-order valence-electron chi connectivity index (χ2n) is 23.1. The molecule has 442 valence electrons. The van der Waals surface area contributed by atoms with Crippen molar-refractivity contribution in [3.8, 4) is 118 Å². The van der Waals surface area contributed by atoms with Crippen molar-refractivity contribution in [3.05, 3.63) is 320 Å². The lowest BCUT2D eigenvalue weighted by atomic mass is 9.92. The molecule has 0 aliphatic rings. The summed E-state index contributed by atoms with van der Waals surface area (Å²) in [6, 6.07) is 89.7. The number of hydrogen-bond donors (Lipinski definition) is 0. The van der Waals surface area contributed by atoms with Crippen LogP contribution in [0.25, 0.3) is 160 Å². The van der Waals surface area contributed by atoms with Crippen LogP contribution in [-0.2, 0) is 6.18 Å². The van der Waals surface area contributed by atoms with Gasteiger partial charge in [-0.1, -0.05) is 188 Å². The number of benzene rings is 10. The van der Waals surface area contributed by atoms with E-state index in [1.165, 1.54) is 12.1 Å². The Bertz CT molecular complexity index is 5090. The fourth-order valence-electron chi connectivity index (χ4n) is 13.1. The van der Waals surface area contributed by atoms with Crippen molar-refractivity contribution in [2.24, 2.45) is 0 Å². The molecule has 10 aromatic carbocycles. The zero-order chi connectivity index (χ0) is 63.4. The molecular weight excluding hydrogens is 1170 g/mol. The van der Waals surface area contributed by atoms with Gasteiger partial charge in [-0.3, -0.25) is 19.9 Å². The maximum Gasteiger partial charge on any atom is 0.415 e. The average Bonchev–Trinajstić information content (AvgIpc) is 1.14. The van der Waals surface area contributed by atoms with Crippen LogP contribution in [0.5, 0.6) is 0 Å². The lowest BCUT2D eigenvalue weighted by Gasteiger charge is -2.24. The smallest absolute Gasteiger partial charge is 0.309 e. The van der Waals surface area contributed by atoms with Crippen molar-refractivity contribution in [1.29, 1.82) is 5.26 Å². The van der Waals surface area contributed by atoms with E-state index in [2.05, 4.69) is 35.2 Å². The normalized spacial score (nSPS) is 11.5. The van der Waals surface area contributed by atoms with Crippen molar-refractivity contribution in [2.45, 2.75) is 6.18 Å². The van der Waals surface area contributed by atoms with Crippen LogP contribution in [0.1, 0.15) is 11.1 Å².